The Morgan fingerprint density at radius 1 is 0.907 bits per heavy atom. The number of phenolic OH excluding ortho intramolecular Hbond substituents is 1. The van der Waals surface area contributed by atoms with Gasteiger partial charge in [-0.3, -0.25) is 9.79 Å². The van der Waals surface area contributed by atoms with Crippen LogP contribution in [0.1, 0.15) is 67.2 Å². The highest BCUT2D eigenvalue weighted by molar-refractivity contribution is 9.12. The number of nitrogens with zero attached hydrogens (tertiary/aromatic N) is 1. The predicted molar refractivity (Wildman–Crippen MR) is 178 cm³/mol. The topological polar surface area (TPSA) is 73.7 Å². The Labute approximate surface area is 262 Å². The van der Waals surface area contributed by atoms with E-state index in [0.717, 1.165) is 76.5 Å². The molecular formula is C37H38BrN3O2. The first-order chi connectivity index (χ1) is 21.0. The molecule has 1 saturated carbocycles. The molecule has 0 spiro atoms. The molecule has 3 N–H and O–H groups in total. The maximum Gasteiger partial charge on any atom is 0.230 e. The van der Waals surface area contributed by atoms with Gasteiger partial charge in [-0.1, -0.05) is 98.1 Å². The van der Waals surface area contributed by atoms with Crippen molar-refractivity contribution in [3.8, 4) is 5.75 Å². The average Bonchev–Trinajstić information content (AvgIpc) is 3.38. The van der Waals surface area contributed by atoms with E-state index in [9.17, 15) is 9.90 Å². The van der Waals surface area contributed by atoms with Gasteiger partial charge in [-0.15, -0.1) is 0 Å². The van der Waals surface area contributed by atoms with Crippen molar-refractivity contribution in [1.29, 1.82) is 0 Å². The lowest BCUT2D eigenvalue weighted by Gasteiger charge is -2.36. The molecule has 1 atom stereocenters. The highest BCUT2D eigenvalue weighted by atomic mass is 79.9. The van der Waals surface area contributed by atoms with Crippen LogP contribution in [0.2, 0.25) is 0 Å². The summed E-state index contributed by atoms with van der Waals surface area (Å²) in [6.45, 7) is 1.19. The predicted octanol–water partition coefficient (Wildman–Crippen LogP) is 7.86. The minimum Gasteiger partial charge on any atom is -0.507 e. The number of phenols is 1. The summed E-state index contributed by atoms with van der Waals surface area (Å²) in [5.41, 5.74) is 7.11. The van der Waals surface area contributed by atoms with Crippen molar-refractivity contribution >= 4 is 33.6 Å². The number of para-hydroxylation sites is 1. The largest absolute Gasteiger partial charge is 0.507 e. The Hall–Kier alpha value is -3.90. The molecule has 0 radical (unpaired) electrons. The number of carbonyl (C=O) groups is 1. The van der Waals surface area contributed by atoms with Gasteiger partial charge < -0.3 is 15.7 Å². The Bertz CT molecular complexity index is 1580. The Kier molecular flexibility index (Phi) is 8.94. The number of carbonyl (C=O) groups excluding carboxylic acids is 1. The van der Waals surface area contributed by atoms with Gasteiger partial charge in [0, 0.05) is 41.5 Å². The fraction of sp³-hybridized carbons (Fsp3) is 0.297. The standard InChI is InChI=1S/C37H38BrN3O2/c38-33-25-40-34-22-30(21-28(17-18-32(33)34)31-11-5-6-12-35(31)42)39-23-26-13-15-27(16-14-26)24-41-36(43)37(19-7-2-8-20-37)29-9-3-1-4-10-29/h1,3-6,9-17,21,25,34,39,42H,2,7-8,18-20,22-24H2,(H,41,43)/b28-17-,30-21+. The molecule has 1 unspecified atom stereocenters. The van der Waals surface area contributed by atoms with Gasteiger partial charge in [-0.25, -0.2) is 0 Å². The van der Waals surface area contributed by atoms with E-state index in [4.69, 9.17) is 4.99 Å². The van der Waals surface area contributed by atoms with Gasteiger partial charge in [-0.2, -0.15) is 0 Å². The van der Waals surface area contributed by atoms with E-state index >= 15 is 0 Å². The smallest absolute Gasteiger partial charge is 0.230 e. The van der Waals surface area contributed by atoms with Gasteiger partial charge in [0.15, 0.2) is 0 Å². The van der Waals surface area contributed by atoms with Crippen LogP contribution in [0.15, 0.2) is 112 Å². The summed E-state index contributed by atoms with van der Waals surface area (Å²) >= 11 is 3.68. The molecule has 3 aromatic rings. The summed E-state index contributed by atoms with van der Waals surface area (Å²) in [7, 11) is 0. The number of aliphatic imine (C=N–C) groups is 1. The first-order valence-electron chi connectivity index (χ1n) is 15.3. The van der Waals surface area contributed by atoms with Crippen LogP contribution in [0.3, 0.4) is 0 Å². The van der Waals surface area contributed by atoms with Crippen molar-refractivity contribution < 1.29 is 9.90 Å². The second-order valence-electron chi connectivity index (χ2n) is 11.8. The summed E-state index contributed by atoms with van der Waals surface area (Å²) in [6.07, 6.45) is 13.0. The van der Waals surface area contributed by atoms with Crippen molar-refractivity contribution in [3.63, 3.8) is 0 Å². The van der Waals surface area contributed by atoms with Gasteiger partial charge in [0.2, 0.25) is 5.91 Å². The molecule has 220 valence electrons. The van der Waals surface area contributed by atoms with E-state index in [1.807, 2.05) is 42.6 Å². The molecule has 43 heavy (non-hydrogen) atoms. The average molecular weight is 637 g/mol. The third-order valence-electron chi connectivity index (χ3n) is 9.04. The molecule has 1 heterocycles. The molecule has 1 aliphatic heterocycles. The number of allylic oxidation sites excluding steroid dienone is 4. The third-order valence-corrected chi connectivity index (χ3v) is 9.75. The lowest BCUT2D eigenvalue weighted by atomic mass is 9.68. The SMILES string of the molecule is O=C(NCc1ccc(CN/C2=C/C(c3ccccc3O)=C/CC3=C(Br)C=NC3C2)cc1)C1(c2ccccc2)CCCCC1. The van der Waals surface area contributed by atoms with Crippen LogP contribution >= 0.6 is 15.9 Å². The van der Waals surface area contributed by atoms with Crippen LogP contribution in [0.4, 0.5) is 0 Å². The first kappa shape index (κ1) is 29.2. The maximum atomic E-state index is 13.6. The fourth-order valence-corrected chi connectivity index (χ4v) is 7.11. The third kappa shape index (κ3) is 6.54. The summed E-state index contributed by atoms with van der Waals surface area (Å²) in [5.74, 6) is 0.418. The molecule has 6 rings (SSSR count). The highest BCUT2D eigenvalue weighted by Gasteiger charge is 2.40. The molecule has 3 aromatic carbocycles. The molecule has 2 aliphatic carbocycles. The van der Waals surface area contributed by atoms with Crippen LogP contribution < -0.4 is 10.6 Å². The number of aromatic hydroxyl groups is 1. The zero-order valence-electron chi connectivity index (χ0n) is 24.4. The van der Waals surface area contributed by atoms with Gasteiger partial charge in [0.1, 0.15) is 5.75 Å². The lowest BCUT2D eigenvalue weighted by molar-refractivity contribution is -0.128. The molecule has 3 aliphatic rings. The van der Waals surface area contributed by atoms with Crippen LogP contribution in [0, 0.1) is 0 Å². The molecular weight excluding hydrogens is 598 g/mol. The fourth-order valence-electron chi connectivity index (χ4n) is 6.56. The van der Waals surface area contributed by atoms with E-state index in [1.165, 1.54) is 12.0 Å². The summed E-state index contributed by atoms with van der Waals surface area (Å²) in [6, 6.07) is 26.3. The Balaban J connectivity index is 1.12. The number of fused-ring (bicyclic) bond motifs is 1. The molecule has 1 fully saturated rings. The highest BCUT2D eigenvalue weighted by Crippen LogP contribution is 2.40. The summed E-state index contributed by atoms with van der Waals surface area (Å²) in [5, 5.41) is 17.5. The molecule has 1 amide bonds. The van der Waals surface area contributed by atoms with Crippen LogP contribution in [-0.4, -0.2) is 23.3 Å². The van der Waals surface area contributed by atoms with Crippen LogP contribution in [0.25, 0.3) is 5.57 Å². The molecule has 0 aromatic heterocycles. The van der Waals surface area contributed by atoms with Crippen molar-refractivity contribution in [2.24, 2.45) is 4.99 Å². The van der Waals surface area contributed by atoms with E-state index in [0.29, 0.717) is 13.1 Å². The number of hydrogen-bond donors (Lipinski definition) is 3. The summed E-state index contributed by atoms with van der Waals surface area (Å²) < 4.78 is 1.05. The second-order valence-corrected chi connectivity index (χ2v) is 12.6. The number of benzene rings is 3. The van der Waals surface area contributed by atoms with Gasteiger partial charge >= 0.3 is 0 Å². The van der Waals surface area contributed by atoms with Crippen molar-refractivity contribution in [3.05, 3.63) is 129 Å². The zero-order valence-corrected chi connectivity index (χ0v) is 25.9. The lowest BCUT2D eigenvalue weighted by Crippen LogP contribution is -2.45. The van der Waals surface area contributed by atoms with Crippen LogP contribution in [-0.2, 0) is 23.3 Å². The van der Waals surface area contributed by atoms with Crippen molar-refractivity contribution in [2.45, 2.75) is 69.5 Å². The minimum atomic E-state index is -0.424. The number of amides is 1. The van der Waals surface area contributed by atoms with E-state index in [2.05, 4.69) is 75.1 Å². The number of nitrogens with one attached hydrogen (secondary N) is 2. The molecule has 5 nitrogen and oxygen atoms in total. The number of hydrogen-bond acceptors (Lipinski definition) is 4. The number of halogens is 1. The van der Waals surface area contributed by atoms with E-state index < -0.39 is 5.41 Å². The quantitative estimate of drug-likeness (QED) is 0.236. The Morgan fingerprint density at radius 3 is 2.35 bits per heavy atom. The van der Waals surface area contributed by atoms with E-state index in [-0.39, 0.29) is 17.7 Å². The first-order valence-corrected chi connectivity index (χ1v) is 16.1. The van der Waals surface area contributed by atoms with Crippen molar-refractivity contribution in [1.82, 2.24) is 10.6 Å². The molecule has 6 heteroatoms. The second kappa shape index (κ2) is 13.2. The number of rotatable bonds is 8. The summed E-state index contributed by atoms with van der Waals surface area (Å²) in [4.78, 5) is 18.3. The maximum absolute atomic E-state index is 13.6. The monoisotopic (exact) mass is 635 g/mol. The van der Waals surface area contributed by atoms with Crippen LogP contribution in [0.5, 0.6) is 5.75 Å². The van der Waals surface area contributed by atoms with Gasteiger partial charge in [0.05, 0.1) is 11.5 Å². The minimum absolute atomic E-state index is 0.102. The van der Waals surface area contributed by atoms with Crippen molar-refractivity contribution in [2.75, 3.05) is 0 Å². The Morgan fingerprint density at radius 2 is 1.60 bits per heavy atom. The molecule has 0 bridgehead atoms. The van der Waals surface area contributed by atoms with Gasteiger partial charge in [0.25, 0.3) is 0 Å². The van der Waals surface area contributed by atoms with Gasteiger partial charge in [-0.05, 0) is 75.2 Å². The molecule has 0 saturated heterocycles. The normalized spacial score (nSPS) is 21.9. The van der Waals surface area contributed by atoms with E-state index in [1.54, 1.807) is 6.07 Å². The zero-order chi connectivity index (χ0) is 29.6.